The maximum atomic E-state index is 14.0. The molecule has 0 spiro atoms. The standard InChI is InChI=1S/C32H28N2O4S/c1-4-17-38-26-16-9-20(18-27(26)37-3)19-28-31(35)34-30(22-10-13-23(36-2)14-11-22)25-15-12-21-7-5-6-8-24(21)29(25)33-32(34)39-28/h4-11,13-14,16,18-19,30H,1,12,15,17H2,2-3H3. The molecule has 1 aliphatic carbocycles. The number of rotatable bonds is 7. The van der Waals surface area contributed by atoms with E-state index in [0.29, 0.717) is 27.4 Å². The Morgan fingerprint density at radius 2 is 1.85 bits per heavy atom. The third kappa shape index (κ3) is 4.49. The fourth-order valence-corrected chi connectivity index (χ4v) is 6.30. The van der Waals surface area contributed by atoms with Crippen LogP contribution in [0.15, 0.2) is 94.7 Å². The van der Waals surface area contributed by atoms with Gasteiger partial charge in [-0.1, -0.05) is 66.5 Å². The highest BCUT2D eigenvalue weighted by atomic mass is 32.1. The third-order valence-corrected chi connectivity index (χ3v) is 8.13. The lowest BCUT2D eigenvalue weighted by atomic mass is 9.83. The van der Waals surface area contributed by atoms with E-state index in [9.17, 15) is 4.79 Å². The molecular weight excluding hydrogens is 508 g/mol. The summed E-state index contributed by atoms with van der Waals surface area (Å²) in [7, 11) is 3.26. The number of allylic oxidation sites excluding steroid dienone is 1. The van der Waals surface area contributed by atoms with Crippen LogP contribution in [-0.2, 0) is 6.42 Å². The Kier molecular flexibility index (Phi) is 6.67. The number of aromatic nitrogens is 1. The smallest absolute Gasteiger partial charge is 0.271 e. The lowest BCUT2D eigenvalue weighted by molar-refractivity contribution is 0.326. The van der Waals surface area contributed by atoms with Gasteiger partial charge in [-0.25, -0.2) is 4.99 Å². The van der Waals surface area contributed by atoms with E-state index >= 15 is 0 Å². The van der Waals surface area contributed by atoms with Crippen molar-refractivity contribution in [2.75, 3.05) is 20.8 Å². The van der Waals surface area contributed by atoms with Crippen molar-refractivity contribution >= 4 is 23.1 Å². The van der Waals surface area contributed by atoms with Crippen LogP contribution in [0.5, 0.6) is 17.2 Å². The summed E-state index contributed by atoms with van der Waals surface area (Å²) in [5, 5.41) is 0. The van der Waals surface area contributed by atoms with Crippen LogP contribution >= 0.6 is 11.3 Å². The number of aryl methyl sites for hydroxylation is 1. The van der Waals surface area contributed by atoms with Crippen LogP contribution in [0.2, 0.25) is 0 Å². The van der Waals surface area contributed by atoms with Crippen LogP contribution in [0.1, 0.15) is 34.7 Å². The molecule has 0 bridgehead atoms. The summed E-state index contributed by atoms with van der Waals surface area (Å²) in [6.45, 7) is 4.08. The van der Waals surface area contributed by atoms with Gasteiger partial charge in [0.15, 0.2) is 16.3 Å². The Labute approximate surface area is 230 Å². The Morgan fingerprint density at radius 3 is 2.62 bits per heavy atom. The lowest BCUT2D eigenvalue weighted by Crippen LogP contribution is -2.38. The van der Waals surface area contributed by atoms with Gasteiger partial charge in [-0.05, 0) is 65.4 Å². The zero-order valence-corrected chi connectivity index (χ0v) is 22.7. The minimum atomic E-state index is -0.234. The molecule has 2 aliphatic rings. The summed E-state index contributed by atoms with van der Waals surface area (Å²) >= 11 is 1.41. The third-order valence-electron chi connectivity index (χ3n) is 7.15. The van der Waals surface area contributed by atoms with Crippen LogP contribution in [0.25, 0.3) is 11.8 Å². The van der Waals surface area contributed by atoms with Crippen LogP contribution in [-0.4, -0.2) is 25.4 Å². The summed E-state index contributed by atoms with van der Waals surface area (Å²) in [6.07, 6.45) is 5.35. The van der Waals surface area contributed by atoms with Gasteiger partial charge >= 0.3 is 0 Å². The van der Waals surface area contributed by atoms with Gasteiger partial charge in [0.25, 0.3) is 5.56 Å². The SMILES string of the molecule is C=CCOc1ccc(C=c2sc3n(c2=O)C(c2ccc(OC)cc2)C2=C(N=3)c3ccccc3CC2)cc1OC. The number of nitrogens with zero attached hydrogens (tertiary/aromatic N) is 2. The van der Waals surface area contributed by atoms with E-state index in [1.54, 1.807) is 20.3 Å². The molecule has 0 amide bonds. The number of fused-ring (bicyclic) bond motifs is 3. The normalized spacial score (nSPS) is 16.1. The van der Waals surface area contributed by atoms with Crippen molar-refractivity contribution in [1.29, 1.82) is 0 Å². The molecule has 1 unspecified atom stereocenters. The van der Waals surface area contributed by atoms with E-state index in [4.69, 9.17) is 19.2 Å². The minimum absolute atomic E-state index is 0.0593. The molecule has 0 fully saturated rings. The predicted octanol–water partition coefficient (Wildman–Crippen LogP) is 4.90. The highest BCUT2D eigenvalue weighted by Crippen LogP contribution is 2.41. The number of methoxy groups -OCH3 is 2. The largest absolute Gasteiger partial charge is 0.497 e. The van der Waals surface area contributed by atoms with Crippen molar-refractivity contribution < 1.29 is 14.2 Å². The second-order valence-electron chi connectivity index (χ2n) is 9.40. The maximum Gasteiger partial charge on any atom is 0.271 e. The maximum absolute atomic E-state index is 14.0. The van der Waals surface area contributed by atoms with E-state index in [1.807, 2.05) is 53.1 Å². The van der Waals surface area contributed by atoms with Crippen molar-refractivity contribution in [1.82, 2.24) is 4.57 Å². The summed E-state index contributed by atoms with van der Waals surface area (Å²) < 4.78 is 19.1. The average Bonchev–Trinajstić information content (AvgIpc) is 3.29. The Bertz CT molecular complexity index is 1780. The molecule has 6 nitrogen and oxygen atoms in total. The number of hydrogen-bond donors (Lipinski definition) is 0. The summed E-state index contributed by atoms with van der Waals surface area (Å²) in [5.74, 6) is 2.01. The molecule has 0 saturated heterocycles. The number of hydrogen-bond acceptors (Lipinski definition) is 6. The van der Waals surface area contributed by atoms with Crippen LogP contribution in [0.3, 0.4) is 0 Å². The summed E-state index contributed by atoms with van der Waals surface area (Å²) in [6, 6.07) is 21.8. The Hall–Kier alpha value is -4.36. The molecule has 0 N–H and O–H groups in total. The highest BCUT2D eigenvalue weighted by molar-refractivity contribution is 7.07. The van der Waals surface area contributed by atoms with Gasteiger partial charge in [0.05, 0.1) is 30.5 Å². The molecule has 39 heavy (non-hydrogen) atoms. The Morgan fingerprint density at radius 1 is 1.03 bits per heavy atom. The van der Waals surface area contributed by atoms with Crippen LogP contribution in [0, 0.1) is 0 Å². The van der Waals surface area contributed by atoms with Gasteiger partial charge in [-0.2, -0.15) is 0 Å². The first-order chi connectivity index (χ1) is 19.1. The first kappa shape index (κ1) is 24.9. The molecule has 1 aromatic heterocycles. The molecular formula is C32H28N2O4S. The van der Waals surface area contributed by atoms with Gasteiger partial charge in [0.2, 0.25) is 0 Å². The number of benzene rings is 3. The molecule has 3 aromatic carbocycles. The molecule has 0 radical (unpaired) electrons. The monoisotopic (exact) mass is 536 g/mol. The van der Waals surface area contributed by atoms with Gasteiger partial charge in [-0.15, -0.1) is 0 Å². The zero-order valence-electron chi connectivity index (χ0n) is 21.8. The van der Waals surface area contributed by atoms with Gasteiger partial charge < -0.3 is 14.2 Å². The predicted molar refractivity (Wildman–Crippen MR) is 154 cm³/mol. The number of thiazole rings is 1. The van der Waals surface area contributed by atoms with E-state index < -0.39 is 0 Å². The molecule has 1 aliphatic heterocycles. The van der Waals surface area contributed by atoms with Crippen molar-refractivity contribution in [3.8, 4) is 17.2 Å². The fourth-order valence-electron chi connectivity index (χ4n) is 5.30. The van der Waals surface area contributed by atoms with Gasteiger partial charge in [0.1, 0.15) is 12.4 Å². The first-order valence-electron chi connectivity index (χ1n) is 12.8. The van der Waals surface area contributed by atoms with E-state index in [2.05, 4.69) is 30.8 Å². The van der Waals surface area contributed by atoms with Crippen molar-refractivity contribution in [2.24, 2.45) is 4.99 Å². The number of ether oxygens (including phenoxy) is 3. The fraction of sp³-hybridized carbons (Fsp3) is 0.188. The Balaban J connectivity index is 1.53. The van der Waals surface area contributed by atoms with E-state index in [1.165, 1.54) is 22.5 Å². The first-order valence-corrected chi connectivity index (χ1v) is 13.6. The summed E-state index contributed by atoms with van der Waals surface area (Å²) in [4.78, 5) is 19.8. The topological polar surface area (TPSA) is 62.0 Å². The quantitative estimate of drug-likeness (QED) is 0.315. The molecule has 6 rings (SSSR count). The van der Waals surface area contributed by atoms with Crippen molar-refractivity contribution in [2.45, 2.75) is 18.9 Å². The second kappa shape index (κ2) is 10.4. The molecule has 1 atom stereocenters. The second-order valence-corrected chi connectivity index (χ2v) is 10.4. The minimum Gasteiger partial charge on any atom is -0.497 e. The molecule has 2 heterocycles. The average molecular weight is 537 g/mol. The highest BCUT2D eigenvalue weighted by Gasteiger charge is 2.32. The summed E-state index contributed by atoms with van der Waals surface area (Å²) in [5.41, 5.74) is 6.41. The van der Waals surface area contributed by atoms with Crippen molar-refractivity contribution in [3.63, 3.8) is 0 Å². The van der Waals surface area contributed by atoms with Gasteiger partial charge in [-0.3, -0.25) is 9.36 Å². The van der Waals surface area contributed by atoms with Crippen LogP contribution < -0.4 is 29.1 Å². The molecule has 196 valence electrons. The lowest BCUT2D eigenvalue weighted by Gasteiger charge is -2.30. The van der Waals surface area contributed by atoms with Crippen molar-refractivity contribution in [3.05, 3.63) is 127 Å². The molecule has 4 aromatic rings. The zero-order chi connectivity index (χ0) is 26.9. The van der Waals surface area contributed by atoms with Gasteiger partial charge in [0, 0.05) is 5.56 Å². The van der Waals surface area contributed by atoms with E-state index in [-0.39, 0.29) is 11.6 Å². The molecule has 0 saturated carbocycles. The van der Waals surface area contributed by atoms with E-state index in [0.717, 1.165) is 41.0 Å². The molecule has 7 heteroatoms. The van der Waals surface area contributed by atoms with Crippen LogP contribution in [0.4, 0.5) is 0 Å².